The largest absolute Gasteiger partial charge is 0.324 e. The van der Waals surface area contributed by atoms with Crippen molar-refractivity contribution in [2.45, 2.75) is 57.5 Å². The van der Waals surface area contributed by atoms with Gasteiger partial charge >= 0.3 is 0 Å². The van der Waals surface area contributed by atoms with Gasteiger partial charge in [0.1, 0.15) is 5.39 Å². The minimum absolute atomic E-state index is 0.136. The molecule has 8 nitrogen and oxygen atoms in total. The van der Waals surface area contributed by atoms with Crippen LogP contribution in [0, 0.1) is 0 Å². The van der Waals surface area contributed by atoms with Gasteiger partial charge in [-0.15, -0.1) is 6.58 Å². The molecular formula is C29H35N7O. The summed E-state index contributed by atoms with van der Waals surface area (Å²) >= 11 is 0. The summed E-state index contributed by atoms with van der Waals surface area (Å²) in [6.07, 6.45) is 5.68. The Hall–Kier alpha value is -3.78. The third-order valence-electron chi connectivity index (χ3n) is 7.18. The molecule has 0 bridgehead atoms. The maximum absolute atomic E-state index is 13.2. The van der Waals surface area contributed by atoms with Crippen LogP contribution < -0.4 is 10.9 Å². The Labute approximate surface area is 217 Å². The van der Waals surface area contributed by atoms with E-state index < -0.39 is 0 Å². The lowest BCUT2D eigenvalue weighted by molar-refractivity contribution is 0.166. The number of hydrogen-bond acceptors (Lipinski definition) is 6. The number of nitrogens with zero attached hydrogens (tertiary/aromatic N) is 6. The van der Waals surface area contributed by atoms with E-state index in [1.165, 1.54) is 18.4 Å². The molecule has 5 rings (SSSR count). The maximum Gasteiger partial charge on any atom is 0.278 e. The summed E-state index contributed by atoms with van der Waals surface area (Å²) in [4.78, 5) is 29.6. The summed E-state index contributed by atoms with van der Waals surface area (Å²) < 4.78 is 3.36. The van der Waals surface area contributed by atoms with Gasteiger partial charge in [-0.3, -0.25) is 4.79 Å². The Balaban J connectivity index is 1.48. The molecule has 0 spiro atoms. The quantitative estimate of drug-likeness (QED) is 0.362. The van der Waals surface area contributed by atoms with E-state index in [4.69, 9.17) is 9.97 Å². The van der Waals surface area contributed by atoms with Crippen LogP contribution in [0.2, 0.25) is 0 Å². The van der Waals surface area contributed by atoms with E-state index in [1.807, 2.05) is 18.2 Å². The molecule has 0 amide bonds. The van der Waals surface area contributed by atoms with Crippen molar-refractivity contribution in [1.29, 1.82) is 0 Å². The molecule has 1 aliphatic carbocycles. The van der Waals surface area contributed by atoms with Gasteiger partial charge in [0.2, 0.25) is 5.95 Å². The first kappa shape index (κ1) is 24.9. The minimum atomic E-state index is -0.176. The molecule has 0 atom stereocenters. The Morgan fingerprint density at radius 1 is 1.11 bits per heavy atom. The first-order chi connectivity index (χ1) is 17.7. The molecule has 1 N–H and O–H groups in total. The van der Waals surface area contributed by atoms with Crippen LogP contribution in [-0.4, -0.2) is 49.4 Å². The van der Waals surface area contributed by atoms with Crippen molar-refractivity contribution >= 4 is 22.7 Å². The van der Waals surface area contributed by atoms with Crippen LogP contribution in [0.5, 0.6) is 0 Å². The van der Waals surface area contributed by atoms with Crippen LogP contribution in [0.4, 0.5) is 11.6 Å². The van der Waals surface area contributed by atoms with Crippen molar-refractivity contribution in [3.63, 3.8) is 0 Å². The summed E-state index contributed by atoms with van der Waals surface area (Å²) in [6, 6.07) is 15.0. The fourth-order valence-corrected chi connectivity index (χ4v) is 4.82. The average molecular weight is 498 g/mol. The highest BCUT2D eigenvalue weighted by atomic mass is 16.1. The first-order valence-electron chi connectivity index (χ1n) is 12.8. The molecule has 192 valence electrons. The highest BCUT2D eigenvalue weighted by molar-refractivity contribution is 5.77. The zero-order valence-corrected chi connectivity index (χ0v) is 22.3. The van der Waals surface area contributed by atoms with Crippen LogP contribution in [0.3, 0.4) is 0 Å². The molecule has 4 aromatic rings. The van der Waals surface area contributed by atoms with Crippen molar-refractivity contribution in [1.82, 2.24) is 29.2 Å². The standard InChI is InChI=1S/C29H35N7O/c1-7-15-35-27(37)23-18-30-28(31-21-13-11-19(12-14-21)20-16-22(17-20)34(5)6)33-26(23)36(35)25-10-8-9-24(32-25)29(2,3)4/h7-14,18,20,22H,1,15-17H2,2-6H3,(H,30,31,33). The van der Waals surface area contributed by atoms with Gasteiger partial charge < -0.3 is 10.2 Å². The van der Waals surface area contributed by atoms with Gasteiger partial charge in [-0.05, 0) is 62.7 Å². The molecular weight excluding hydrogens is 462 g/mol. The Morgan fingerprint density at radius 3 is 2.49 bits per heavy atom. The van der Waals surface area contributed by atoms with E-state index in [9.17, 15) is 4.79 Å². The number of fused-ring (bicyclic) bond motifs is 1. The number of anilines is 2. The number of rotatable bonds is 7. The molecule has 0 unspecified atom stereocenters. The smallest absolute Gasteiger partial charge is 0.278 e. The van der Waals surface area contributed by atoms with Crippen LogP contribution in [0.25, 0.3) is 16.9 Å². The highest BCUT2D eigenvalue weighted by Crippen LogP contribution is 2.39. The van der Waals surface area contributed by atoms with E-state index in [1.54, 1.807) is 21.6 Å². The Morgan fingerprint density at radius 2 is 1.84 bits per heavy atom. The van der Waals surface area contributed by atoms with Crippen LogP contribution in [0.1, 0.15) is 50.8 Å². The third kappa shape index (κ3) is 4.81. The topological polar surface area (TPSA) is 80.9 Å². The number of nitrogens with one attached hydrogen (secondary N) is 1. The van der Waals surface area contributed by atoms with Crippen molar-refractivity contribution < 1.29 is 0 Å². The predicted octanol–water partition coefficient (Wildman–Crippen LogP) is 5.01. The summed E-state index contributed by atoms with van der Waals surface area (Å²) in [5.41, 5.74) is 3.39. The van der Waals surface area contributed by atoms with E-state index in [2.05, 4.69) is 80.9 Å². The molecule has 1 aromatic carbocycles. The van der Waals surface area contributed by atoms with Crippen molar-refractivity contribution in [2.75, 3.05) is 19.4 Å². The third-order valence-corrected chi connectivity index (χ3v) is 7.18. The van der Waals surface area contributed by atoms with E-state index in [0.717, 1.165) is 11.4 Å². The van der Waals surface area contributed by atoms with Gasteiger partial charge in [0.15, 0.2) is 11.5 Å². The van der Waals surface area contributed by atoms with Gasteiger partial charge in [-0.25, -0.2) is 19.3 Å². The summed E-state index contributed by atoms with van der Waals surface area (Å²) in [5, 5.41) is 3.74. The minimum Gasteiger partial charge on any atom is -0.324 e. The van der Waals surface area contributed by atoms with Crippen molar-refractivity contribution in [3.8, 4) is 5.82 Å². The van der Waals surface area contributed by atoms with Gasteiger partial charge in [0.05, 0.1) is 6.54 Å². The molecule has 8 heteroatoms. The molecule has 0 aliphatic heterocycles. The van der Waals surface area contributed by atoms with Crippen molar-refractivity contribution in [2.24, 2.45) is 0 Å². The second-order valence-corrected chi connectivity index (χ2v) is 11.1. The Kier molecular flexibility index (Phi) is 6.45. The molecule has 37 heavy (non-hydrogen) atoms. The predicted molar refractivity (Wildman–Crippen MR) is 149 cm³/mol. The SMILES string of the molecule is C=CCn1c(=O)c2cnc(Nc3ccc(C4CC(N(C)C)C4)cc3)nc2n1-c1cccc(C(C)(C)C)n1. The van der Waals surface area contributed by atoms with Gasteiger partial charge in [0, 0.05) is 29.0 Å². The second kappa shape index (κ2) is 9.59. The fourth-order valence-electron chi connectivity index (χ4n) is 4.82. The summed E-state index contributed by atoms with van der Waals surface area (Å²) in [7, 11) is 4.29. The molecule has 1 saturated carbocycles. The molecule has 3 heterocycles. The molecule has 0 saturated heterocycles. The summed E-state index contributed by atoms with van der Waals surface area (Å²) in [5.74, 6) is 1.67. The zero-order chi connectivity index (χ0) is 26.3. The molecule has 0 radical (unpaired) electrons. The lowest BCUT2D eigenvalue weighted by Crippen LogP contribution is -2.39. The van der Waals surface area contributed by atoms with Crippen LogP contribution >= 0.6 is 0 Å². The lowest BCUT2D eigenvalue weighted by atomic mass is 9.75. The van der Waals surface area contributed by atoms with E-state index in [-0.39, 0.29) is 11.0 Å². The number of aromatic nitrogens is 5. The van der Waals surface area contributed by atoms with Crippen molar-refractivity contribution in [3.05, 3.63) is 82.9 Å². The van der Waals surface area contributed by atoms with Gasteiger partial charge in [-0.2, -0.15) is 4.98 Å². The first-order valence-corrected chi connectivity index (χ1v) is 12.8. The number of hydrogen-bond donors (Lipinski definition) is 1. The fraction of sp³-hybridized carbons (Fsp3) is 0.379. The van der Waals surface area contributed by atoms with E-state index >= 15 is 0 Å². The summed E-state index contributed by atoms with van der Waals surface area (Å²) in [6.45, 7) is 10.5. The van der Waals surface area contributed by atoms with E-state index in [0.29, 0.717) is 41.3 Å². The number of pyridine rings is 1. The lowest BCUT2D eigenvalue weighted by Gasteiger charge is -2.40. The zero-order valence-electron chi connectivity index (χ0n) is 22.3. The van der Waals surface area contributed by atoms with Crippen LogP contribution in [-0.2, 0) is 12.0 Å². The van der Waals surface area contributed by atoms with Crippen LogP contribution in [0.15, 0.2) is 66.1 Å². The van der Waals surface area contributed by atoms with Gasteiger partial charge in [-0.1, -0.05) is 45.0 Å². The Bertz CT molecular complexity index is 1490. The molecule has 1 aliphatic rings. The monoisotopic (exact) mass is 497 g/mol. The normalized spacial score (nSPS) is 17.7. The highest BCUT2D eigenvalue weighted by Gasteiger charge is 2.31. The maximum atomic E-state index is 13.2. The molecule has 3 aromatic heterocycles. The van der Waals surface area contributed by atoms with Gasteiger partial charge in [0.25, 0.3) is 5.56 Å². The molecule has 1 fully saturated rings. The number of allylic oxidation sites excluding steroid dienone is 1. The second-order valence-electron chi connectivity index (χ2n) is 11.1. The number of benzene rings is 1. The average Bonchev–Trinajstić information content (AvgIpc) is 3.10.